The number of nitrogens with one attached hydrogen (secondary N) is 1. The molecule has 4 nitrogen and oxygen atoms in total. The number of nitrogens with zero attached hydrogens (tertiary/aromatic N) is 1. The van der Waals surface area contributed by atoms with E-state index >= 15 is 0 Å². The summed E-state index contributed by atoms with van der Waals surface area (Å²) in [6.07, 6.45) is 10.5. The van der Waals surface area contributed by atoms with Crippen LogP contribution < -0.4 is 5.32 Å². The summed E-state index contributed by atoms with van der Waals surface area (Å²) in [7, 11) is 0. The van der Waals surface area contributed by atoms with Crippen LogP contribution in [0.3, 0.4) is 0 Å². The maximum absolute atomic E-state index is 11.8. The lowest BCUT2D eigenvalue weighted by Gasteiger charge is -2.19. The van der Waals surface area contributed by atoms with Crippen molar-refractivity contribution in [1.29, 1.82) is 0 Å². The highest BCUT2D eigenvalue weighted by Gasteiger charge is 2.30. The highest BCUT2D eigenvalue weighted by molar-refractivity contribution is 6.03. The van der Waals surface area contributed by atoms with E-state index in [1.54, 1.807) is 12.2 Å². The Morgan fingerprint density at radius 3 is 2.94 bits per heavy atom. The zero-order valence-corrected chi connectivity index (χ0v) is 9.82. The maximum atomic E-state index is 11.8. The number of carbonyl (C=O) groups excluding carboxylic acids is 2. The molecule has 0 radical (unpaired) electrons. The van der Waals surface area contributed by atoms with Crippen molar-refractivity contribution in [3.8, 4) is 0 Å². The third-order valence-electron chi connectivity index (χ3n) is 3.13. The van der Waals surface area contributed by atoms with Gasteiger partial charge in [-0.05, 0) is 37.9 Å². The van der Waals surface area contributed by atoms with E-state index in [-0.39, 0.29) is 11.8 Å². The van der Waals surface area contributed by atoms with Crippen molar-refractivity contribution >= 4 is 11.8 Å². The molecule has 2 heterocycles. The average molecular weight is 233 g/mol. The number of carbonyl (C=O) groups is 2. The minimum atomic E-state index is -0.323. The summed E-state index contributed by atoms with van der Waals surface area (Å²) in [6.45, 7) is 2.48. The second kappa shape index (κ2) is 5.71. The molecule has 0 aromatic heterocycles. The fraction of sp³-hybridized carbons (Fsp3) is 0.538. The Kier molecular flexibility index (Phi) is 4.02. The number of hydrogen-bond donors (Lipinski definition) is 1. The molecule has 1 fully saturated rings. The SMILES string of the molecule is O=C1[C+]=CCCN1C(=O)/C=C/C1CCNCC1. The van der Waals surface area contributed by atoms with Gasteiger partial charge in [-0.3, -0.25) is 4.79 Å². The molecule has 0 spiro atoms. The maximum Gasteiger partial charge on any atom is 0.499 e. The van der Waals surface area contributed by atoms with Gasteiger partial charge in [0, 0.05) is 13.0 Å². The van der Waals surface area contributed by atoms with Gasteiger partial charge in [-0.1, -0.05) is 6.08 Å². The Hall–Kier alpha value is -1.51. The highest BCUT2D eigenvalue weighted by atomic mass is 16.2. The van der Waals surface area contributed by atoms with E-state index in [1.807, 2.05) is 6.08 Å². The van der Waals surface area contributed by atoms with Gasteiger partial charge in [0.25, 0.3) is 5.91 Å². The van der Waals surface area contributed by atoms with E-state index in [0.717, 1.165) is 25.9 Å². The van der Waals surface area contributed by atoms with Crippen LogP contribution in [0.5, 0.6) is 0 Å². The fourth-order valence-corrected chi connectivity index (χ4v) is 2.09. The van der Waals surface area contributed by atoms with Crippen molar-refractivity contribution in [2.75, 3.05) is 19.6 Å². The Balaban J connectivity index is 1.89. The van der Waals surface area contributed by atoms with Gasteiger partial charge < -0.3 is 5.32 Å². The number of piperidine rings is 1. The summed E-state index contributed by atoms with van der Waals surface area (Å²) < 4.78 is 0. The van der Waals surface area contributed by atoms with Crippen molar-refractivity contribution in [3.05, 3.63) is 24.3 Å². The van der Waals surface area contributed by atoms with Crippen LogP contribution >= 0.6 is 0 Å². The van der Waals surface area contributed by atoms with Crippen molar-refractivity contribution in [3.63, 3.8) is 0 Å². The van der Waals surface area contributed by atoms with Crippen molar-refractivity contribution in [2.24, 2.45) is 5.92 Å². The molecule has 1 N–H and O–H groups in total. The normalized spacial score (nSPS) is 21.9. The largest absolute Gasteiger partial charge is 0.499 e. The quantitative estimate of drug-likeness (QED) is 0.563. The van der Waals surface area contributed by atoms with Gasteiger partial charge in [-0.25, -0.2) is 9.69 Å². The molecule has 0 unspecified atom stereocenters. The number of allylic oxidation sites excluding steroid dienone is 1. The molecular weight excluding hydrogens is 216 g/mol. The fourth-order valence-electron chi connectivity index (χ4n) is 2.09. The Morgan fingerprint density at radius 1 is 1.47 bits per heavy atom. The molecule has 90 valence electrons. The molecule has 0 bridgehead atoms. The third-order valence-corrected chi connectivity index (χ3v) is 3.13. The van der Waals surface area contributed by atoms with Gasteiger partial charge in [-0.2, -0.15) is 0 Å². The van der Waals surface area contributed by atoms with Crippen LogP contribution in [0.25, 0.3) is 0 Å². The molecule has 0 aromatic carbocycles. The standard InChI is InChI=1S/C13H17N2O2/c16-12-3-1-2-10-15(12)13(17)5-4-11-6-8-14-9-7-11/h1,4-5,11,14H,2,6-10H2/q+1/b5-4+. The van der Waals surface area contributed by atoms with Crippen LogP contribution in [-0.4, -0.2) is 36.3 Å². The van der Waals surface area contributed by atoms with E-state index in [9.17, 15) is 9.59 Å². The number of amides is 2. The van der Waals surface area contributed by atoms with Gasteiger partial charge in [0.05, 0.1) is 0 Å². The minimum absolute atomic E-state index is 0.214. The lowest BCUT2D eigenvalue weighted by molar-refractivity contribution is -0.139. The molecular formula is C13H17N2O2+. The minimum Gasteiger partial charge on any atom is -0.317 e. The van der Waals surface area contributed by atoms with Gasteiger partial charge >= 0.3 is 12.0 Å². The lowest BCUT2D eigenvalue weighted by Crippen LogP contribution is -2.37. The molecule has 2 amide bonds. The third kappa shape index (κ3) is 3.22. The van der Waals surface area contributed by atoms with Gasteiger partial charge in [0.1, 0.15) is 0 Å². The molecule has 2 rings (SSSR count). The zero-order chi connectivity index (χ0) is 12.1. The lowest BCUT2D eigenvalue weighted by atomic mass is 9.98. The number of hydrogen-bond acceptors (Lipinski definition) is 3. The van der Waals surface area contributed by atoms with Crippen LogP contribution in [0.15, 0.2) is 18.2 Å². The molecule has 2 aliphatic heterocycles. The van der Waals surface area contributed by atoms with Crippen molar-refractivity contribution < 1.29 is 9.59 Å². The average Bonchev–Trinajstić information content (AvgIpc) is 2.38. The Bertz CT molecular complexity index is 354. The Labute approximate surface area is 101 Å². The first-order chi connectivity index (χ1) is 8.27. The highest BCUT2D eigenvalue weighted by Crippen LogP contribution is 2.13. The summed E-state index contributed by atoms with van der Waals surface area (Å²) >= 11 is 0. The van der Waals surface area contributed by atoms with Gasteiger partial charge in [0.2, 0.25) is 0 Å². The second-order valence-corrected chi connectivity index (χ2v) is 4.38. The van der Waals surface area contributed by atoms with E-state index in [1.165, 1.54) is 4.90 Å². The molecule has 0 saturated carbocycles. The van der Waals surface area contributed by atoms with Crippen LogP contribution in [0.1, 0.15) is 19.3 Å². The summed E-state index contributed by atoms with van der Waals surface area (Å²) in [4.78, 5) is 24.5. The van der Waals surface area contributed by atoms with Crippen molar-refractivity contribution in [1.82, 2.24) is 10.2 Å². The molecule has 2 aliphatic rings. The molecule has 1 saturated heterocycles. The molecule has 0 aromatic rings. The predicted octanol–water partition coefficient (Wildman–Crippen LogP) is 0.660. The summed E-state index contributed by atoms with van der Waals surface area (Å²) in [5, 5.41) is 3.28. The predicted molar refractivity (Wildman–Crippen MR) is 63.9 cm³/mol. The van der Waals surface area contributed by atoms with E-state index in [0.29, 0.717) is 18.9 Å². The second-order valence-electron chi connectivity index (χ2n) is 4.38. The number of rotatable bonds is 2. The van der Waals surface area contributed by atoms with Gasteiger partial charge in [-0.15, -0.1) is 0 Å². The van der Waals surface area contributed by atoms with Crippen molar-refractivity contribution in [2.45, 2.75) is 19.3 Å². The monoisotopic (exact) mass is 233 g/mol. The first-order valence-corrected chi connectivity index (χ1v) is 6.10. The van der Waals surface area contributed by atoms with E-state index < -0.39 is 0 Å². The van der Waals surface area contributed by atoms with Crippen LogP contribution in [0, 0.1) is 12.0 Å². The van der Waals surface area contributed by atoms with Gasteiger partial charge in [0.15, 0.2) is 6.08 Å². The van der Waals surface area contributed by atoms with Crippen LogP contribution in [-0.2, 0) is 9.59 Å². The first-order valence-electron chi connectivity index (χ1n) is 6.10. The number of imide groups is 1. The topological polar surface area (TPSA) is 49.4 Å². The molecule has 17 heavy (non-hydrogen) atoms. The first kappa shape index (κ1) is 12.0. The van der Waals surface area contributed by atoms with Crippen LogP contribution in [0.4, 0.5) is 0 Å². The summed E-state index contributed by atoms with van der Waals surface area (Å²) in [5.41, 5.74) is 0. The Morgan fingerprint density at radius 2 is 2.24 bits per heavy atom. The molecule has 0 atom stereocenters. The summed E-state index contributed by atoms with van der Waals surface area (Å²) in [5.74, 6) is -0.0787. The molecule has 4 heteroatoms. The van der Waals surface area contributed by atoms with E-state index in [4.69, 9.17) is 0 Å². The van der Waals surface area contributed by atoms with E-state index in [2.05, 4.69) is 11.4 Å². The van der Waals surface area contributed by atoms with Crippen LogP contribution in [0.2, 0.25) is 0 Å². The zero-order valence-electron chi connectivity index (χ0n) is 9.82. The molecule has 0 aliphatic carbocycles. The summed E-state index contributed by atoms with van der Waals surface area (Å²) in [6, 6.07) is 0. The smallest absolute Gasteiger partial charge is 0.317 e.